The highest BCUT2D eigenvalue weighted by molar-refractivity contribution is 5.80. The van der Waals surface area contributed by atoms with Crippen molar-refractivity contribution >= 4 is 11.9 Å². The number of amides is 3. The van der Waals surface area contributed by atoms with E-state index in [0.717, 1.165) is 25.7 Å². The first-order valence-corrected chi connectivity index (χ1v) is 11.2. The van der Waals surface area contributed by atoms with E-state index in [1.807, 2.05) is 11.8 Å². The molecule has 0 aromatic heterocycles. The molecule has 4 rings (SSSR count). The SMILES string of the molecule is CCNC(=O)N1CC[C@]2(COCC(=O)N2)[C@H]1COC1CCC(c2ccccc2)CC1. The first kappa shape index (κ1) is 21.1. The zero-order chi connectivity index (χ0) is 21.0. The first-order chi connectivity index (χ1) is 14.6. The molecule has 2 aliphatic heterocycles. The second-order valence-electron chi connectivity index (χ2n) is 8.71. The van der Waals surface area contributed by atoms with Gasteiger partial charge in [0.05, 0.1) is 30.9 Å². The van der Waals surface area contributed by atoms with Gasteiger partial charge in [-0.1, -0.05) is 30.3 Å². The predicted octanol–water partition coefficient (Wildman–Crippen LogP) is 2.42. The van der Waals surface area contributed by atoms with E-state index in [1.165, 1.54) is 5.56 Å². The fraction of sp³-hybridized carbons (Fsp3) is 0.652. The monoisotopic (exact) mass is 415 g/mol. The van der Waals surface area contributed by atoms with Gasteiger partial charge in [0.2, 0.25) is 5.91 Å². The van der Waals surface area contributed by atoms with Gasteiger partial charge in [-0.2, -0.15) is 0 Å². The first-order valence-electron chi connectivity index (χ1n) is 11.2. The number of nitrogens with zero attached hydrogens (tertiary/aromatic N) is 1. The molecule has 1 spiro atoms. The maximum atomic E-state index is 12.6. The number of hydrogen-bond donors (Lipinski definition) is 2. The molecule has 0 bridgehead atoms. The van der Waals surface area contributed by atoms with Gasteiger partial charge in [0, 0.05) is 13.1 Å². The largest absolute Gasteiger partial charge is 0.376 e. The van der Waals surface area contributed by atoms with Crippen molar-refractivity contribution in [1.82, 2.24) is 15.5 Å². The molecule has 3 aliphatic rings. The molecule has 0 unspecified atom stereocenters. The maximum absolute atomic E-state index is 12.6. The van der Waals surface area contributed by atoms with Gasteiger partial charge in [-0.25, -0.2) is 4.79 Å². The molecule has 2 atom stereocenters. The molecule has 2 N–H and O–H groups in total. The van der Waals surface area contributed by atoms with Crippen LogP contribution < -0.4 is 10.6 Å². The van der Waals surface area contributed by atoms with Crippen LogP contribution >= 0.6 is 0 Å². The van der Waals surface area contributed by atoms with Crippen LogP contribution in [-0.2, 0) is 14.3 Å². The minimum absolute atomic E-state index is 0.0833. The summed E-state index contributed by atoms with van der Waals surface area (Å²) in [6.07, 6.45) is 5.14. The quantitative estimate of drug-likeness (QED) is 0.774. The Balaban J connectivity index is 1.38. The Kier molecular flexibility index (Phi) is 6.58. The van der Waals surface area contributed by atoms with Crippen molar-refractivity contribution in [3.63, 3.8) is 0 Å². The van der Waals surface area contributed by atoms with E-state index in [0.29, 0.717) is 38.6 Å². The van der Waals surface area contributed by atoms with Crippen molar-refractivity contribution in [1.29, 1.82) is 0 Å². The molecule has 7 heteroatoms. The van der Waals surface area contributed by atoms with Crippen molar-refractivity contribution in [2.24, 2.45) is 0 Å². The molecule has 164 valence electrons. The molecule has 3 fully saturated rings. The average Bonchev–Trinajstić information content (AvgIpc) is 3.10. The van der Waals surface area contributed by atoms with Crippen LogP contribution in [0.4, 0.5) is 4.79 Å². The fourth-order valence-electron chi connectivity index (χ4n) is 5.19. The number of urea groups is 1. The van der Waals surface area contributed by atoms with Crippen LogP contribution in [0.5, 0.6) is 0 Å². The lowest BCUT2D eigenvalue weighted by molar-refractivity contribution is -0.137. The number of morpholine rings is 1. The standard InChI is InChI=1S/C23H33N3O4/c1-2-24-22(28)26-13-12-23(16-29-15-21(27)25-23)20(26)14-30-19-10-8-18(9-11-19)17-6-4-3-5-7-17/h3-7,18-20H,2,8-16H2,1H3,(H,24,28)(H,25,27)/t18?,19?,20-,23+/m1/s1. The summed E-state index contributed by atoms with van der Waals surface area (Å²) in [7, 11) is 0. The van der Waals surface area contributed by atoms with Crippen molar-refractivity contribution < 1.29 is 19.1 Å². The molecule has 0 radical (unpaired) electrons. The minimum atomic E-state index is -0.554. The zero-order valence-corrected chi connectivity index (χ0v) is 17.8. The van der Waals surface area contributed by atoms with E-state index in [1.54, 1.807) is 0 Å². The minimum Gasteiger partial charge on any atom is -0.376 e. The Hall–Kier alpha value is -2.12. The summed E-state index contributed by atoms with van der Waals surface area (Å²) < 4.78 is 11.9. The van der Waals surface area contributed by atoms with E-state index < -0.39 is 5.54 Å². The molecule has 30 heavy (non-hydrogen) atoms. The third-order valence-corrected chi connectivity index (χ3v) is 6.82. The van der Waals surface area contributed by atoms with E-state index >= 15 is 0 Å². The number of carbonyl (C=O) groups is 2. The van der Waals surface area contributed by atoms with E-state index in [4.69, 9.17) is 9.47 Å². The third kappa shape index (κ3) is 4.47. The van der Waals surface area contributed by atoms with Crippen LogP contribution in [0.1, 0.15) is 50.5 Å². The highest BCUT2D eigenvalue weighted by atomic mass is 16.5. The topological polar surface area (TPSA) is 79.9 Å². The van der Waals surface area contributed by atoms with Gasteiger partial charge in [-0.15, -0.1) is 0 Å². The normalized spacial score (nSPS) is 31.6. The molecule has 1 aromatic carbocycles. The van der Waals surface area contributed by atoms with Gasteiger partial charge in [-0.3, -0.25) is 4.79 Å². The average molecular weight is 416 g/mol. The van der Waals surface area contributed by atoms with E-state index in [9.17, 15) is 9.59 Å². The van der Waals surface area contributed by atoms with E-state index in [-0.39, 0.29) is 30.7 Å². The van der Waals surface area contributed by atoms with Gasteiger partial charge in [0.15, 0.2) is 0 Å². The van der Waals surface area contributed by atoms with Gasteiger partial charge < -0.3 is 25.0 Å². The molecular formula is C23H33N3O4. The van der Waals surface area contributed by atoms with Crippen LogP contribution in [0.3, 0.4) is 0 Å². The lowest BCUT2D eigenvalue weighted by atomic mass is 9.82. The van der Waals surface area contributed by atoms with Crippen molar-refractivity contribution in [2.45, 2.75) is 62.6 Å². The molecule has 1 aromatic rings. The predicted molar refractivity (Wildman–Crippen MR) is 113 cm³/mol. The zero-order valence-electron chi connectivity index (χ0n) is 17.8. The molecule has 2 saturated heterocycles. The lowest BCUT2D eigenvalue weighted by Gasteiger charge is -2.41. The number of hydrogen-bond acceptors (Lipinski definition) is 4. The summed E-state index contributed by atoms with van der Waals surface area (Å²) in [6.45, 7) is 3.99. The van der Waals surface area contributed by atoms with Crippen molar-refractivity contribution in [3.8, 4) is 0 Å². The maximum Gasteiger partial charge on any atom is 0.317 e. The third-order valence-electron chi connectivity index (χ3n) is 6.82. The van der Waals surface area contributed by atoms with Crippen molar-refractivity contribution in [3.05, 3.63) is 35.9 Å². The highest BCUT2D eigenvalue weighted by Crippen LogP contribution is 2.36. The molecule has 2 heterocycles. The van der Waals surface area contributed by atoms with Crippen molar-refractivity contribution in [2.75, 3.05) is 32.9 Å². The smallest absolute Gasteiger partial charge is 0.317 e. The Morgan fingerprint density at radius 1 is 1.27 bits per heavy atom. The second-order valence-corrected chi connectivity index (χ2v) is 8.71. The summed E-state index contributed by atoms with van der Waals surface area (Å²) >= 11 is 0. The van der Waals surface area contributed by atoms with Gasteiger partial charge in [0.1, 0.15) is 6.61 Å². The molecular weight excluding hydrogens is 382 g/mol. The number of likely N-dealkylation sites (tertiary alicyclic amines) is 1. The summed E-state index contributed by atoms with van der Waals surface area (Å²) in [5.41, 5.74) is 0.858. The number of carbonyl (C=O) groups excluding carboxylic acids is 2. The summed E-state index contributed by atoms with van der Waals surface area (Å²) in [5.74, 6) is 0.481. The van der Waals surface area contributed by atoms with Gasteiger partial charge in [0.25, 0.3) is 0 Å². The van der Waals surface area contributed by atoms with E-state index in [2.05, 4.69) is 41.0 Å². The number of benzene rings is 1. The second kappa shape index (κ2) is 9.35. The lowest BCUT2D eigenvalue weighted by Crippen LogP contribution is -2.65. The van der Waals surface area contributed by atoms with Crippen LogP contribution in [0.25, 0.3) is 0 Å². The Morgan fingerprint density at radius 2 is 2.03 bits per heavy atom. The van der Waals surface area contributed by atoms with Crippen LogP contribution in [0, 0.1) is 0 Å². The summed E-state index contributed by atoms with van der Waals surface area (Å²) in [5, 5.41) is 6.01. The summed E-state index contributed by atoms with van der Waals surface area (Å²) in [6, 6.07) is 10.4. The number of ether oxygens (including phenoxy) is 2. The van der Waals surface area contributed by atoms with Crippen LogP contribution in [0.15, 0.2) is 30.3 Å². The molecule has 7 nitrogen and oxygen atoms in total. The number of rotatable bonds is 5. The van der Waals surface area contributed by atoms with Gasteiger partial charge >= 0.3 is 6.03 Å². The van der Waals surface area contributed by atoms with Crippen LogP contribution in [-0.4, -0.2) is 67.4 Å². The highest BCUT2D eigenvalue weighted by Gasteiger charge is 2.52. The molecule has 1 aliphatic carbocycles. The fourth-order valence-corrected chi connectivity index (χ4v) is 5.19. The summed E-state index contributed by atoms with van der Waals surface area (Å²) in [4.78, 5) is 26.5. The van der Waals surface area contributed by atoms with Gasteiger partial charge in [-0.05, 0) is 50.5 Å². The Labute approximate surface area is 178 Å². The number of nitrogens with one attached hydrogen (secondary N) is 2. The molecule has 1 saturated carbocycles. The van der Waals surface area contributed by atoms with Crippen LogP contribution in [0.2, 0.25) is 0 Å². The molecule has 3 amide bonds. The Bertz CT molecular complexity index is 735. The Morgan fingerprint density at radius 3 is 2.73 bits per heavy atom.